The predicted molar refractivity (Wildman–Crippen MR) is 126 cm³/mol. The number of H-pyrrole nitrogens is 2. The highest BCUT2D eigenvalue weighted by Gasteiger charge is 2.51. The third kappa shape index (κ3) is 5.53. The topological polar surface area (TPSA) is 124 Å². The van der Waals surface area contributed by atoms with E-state index in [1.165, 1.54) is 6.07 Å². The molecule has 1 aromatic heterocycles. The Bertz CT molecular complexity index is 1370. The Balaban J connectivity index is 1.35. The molecule has 0 spiro atoms. The molecule has 1 heterocycles. The van der Waals surface area contributed by atoms with Crippen molar-refractivity contribution in [3.05, 3.63) is 92.3 Å². The molecule has 4 N–H and O–H groups in total. The number of amides is 1. The van der Waals surface area contributed by atoms with Gasteiger partial charge in [0.1, 0.15) is 0 Å². The second kappa shape index (κ2) is 9.28. The first-order valence-corrected chi connectivity index (χ1v) is 11.0. The van der Waals surface area contributed by atoms with Crippen LogP contribution < -0.4 is 21.9 Å². The maximum atomic E-state index is 13.8. The molecule has 0 aliphatic heterocycles. The van der Waals surface area contributed by atoms with Gasteiger partial charge in [-0.2, -0.15) is 0 Å². The minimum Gasteiger partial charge on any atom is -0.355 e. The minimum absolute atomic E-state index is 0.107. The zero-order valence-electron chi connectivity index (χ0n) is 18.9. The molecule has 4 rings (SSSR count). The lowest BCUT2D eigenvalue weighted by Gasteiger charge is -2.17. The first kappa shape index (κ1) is 24.1. The monoisotopic (exact) mass is 482 g/mol. The van der Waals surface area contributed by atoms with E-state index >= 15 is 0 Å². The summed E-state index contributed by atoms with van der Waals surface area (Å²) in [5, 5.41) is 5.82. The molecule has 3 aromatic rings. The van der Waals surface area contributed by atoms with Crippen LogP contribution in [0.3, 0.4) is 0 Å². The van der Waals surface area contributed by atoms with Gasteiger partial charge < -0.3 is 15.6 Å². The van der Waals surface area contributed by atoms with Crippen LogP contribution in [0.1, 0.15) is 47.7 Å². The Morgan fingerprint density at radius 3 is 2.37 bits per heavy atom. The smallest absolute Gasteiger partial charge is 0.325 e. The average Bonchev–Trinajstić information content (AvgIpc) is 3.58. The fourth-order valence-electron chi connectivity index (χ4n) is 3.86. The second-order valence-electron chi connectivity index (χ2n) is 8.80. The number of benzene rings is 2. The summed E-state index contributed by atoms with van der Waals surface area (Å²) in [5.74, 6) is -3.78. The highest BCUT2D eigenvalue weighted by atomic mass is 19.3. The number of carbonyl (C=O) groups excluding carboxylic acids is 2. The first-order valence-electron chi connectivity index (χ1n) is 11.0. The molecule has 10 heteroatoms. The van der Waals surface area contributed by atoms with Crippen LogP contribution in [-0.4, -0.2) is 21.7 Å². The van der Waals surface area contributed by atoms with Crippen molar-refractivity contribution in [2.24, 2.45) is 5.41 Å². The highest BCUT2D eigenvalue weighted by molar-refractivity contribution is 6.00. The van der Waals surface area contributed by atoms with Crippen LogP contribution >= 0.6 is 0 Å². The molecule has 8 nitrogen and oxygen atoms in total. The summed E-state index contributed by atoms with van der Waals surface area (Å²) in [5.41, 5.74) is -0.935. The lowest BCUT2D eigenvalue weighted by atomic mass is 9.95. The van der Waals surface area contributed by atoms with Crippen LogP contribution in [0.4, 0.5) is 20.2 Å². The first-order chi connectivity index (χ1) is 16.6. The number of hydrogen-bond acceptors (Lipinski definition) is 5. The number of Topliss-reactive ketones (excluding diaryl/α,β-unsaturated/α-hetero) is 1. The Labute approximate surface area is 198 Å². The number of carbonyl (C=O) groups is 2. The number of halogens is 2. The maximum absolute atomic E-state index is 13.8. The van der Waals surface area contributed by atoms with Crippen LogP contribution in [0.15, 0.2) is 64.3 Å². The second-order valence-corrected chi connectivity index (χ2v) is 8.80. The summed E-state index contributed by atoms with van der Waals surface area (Å²) in [6.07, 6.45) is 1.98. The van der Waals surface area contributed by atoms with E-state index in [1.54, 1.807) is 42.5 Å². The van der Waals surface area contributed by atoms with Crippen molar-refractivity contribution < 1.29 is 18.4 Å². The molecule has 1 amide bonds. The van der Waals surface area contributed by atoms with E-state index in [0.717, 1.165) is 18.7 Å². The van der Waals surface area contributed by atoms with E-state index in [2.05, 4.69) is 15.6 Å². The quantitative estimate of drug-likeness (QED) is 0.347. The van der Waals surface area contributed by atoms with Crippen molar-refractivity contribution in [2.45, 2.75) is 38.7 Å². The lowest BCUT2D eigenvalue weighted by Crippen LogP contribution is -2.34. The summed E-state index contributed by atoms with van der Waals surface area (Å²) in [6, 6.07) is 13.2. The number of aromatic amines is 2. The standard InChI is InChI=1S/C25H24F2N4O4/c1-24(26,27)18-4-2-3-5-19(18)30-16-8-6-15(7-9-16)13-28-22(34)25(10-11-25)12-20(32)17-14-29-23(35)31-21(17)33/h2-9,14,30H,10-13H2,1H3,(H,28,34)(H2,29,31,33,35). The van der Waals surface area contributed by atoms with E-state index < -0.39 is 28.4 Å². The van der Waals surface area contributed by atoms with Crippen molar-refractivity contribution >= 4 is 23.1 Å². The molecule has 0 radical (unpaired) electrons. The number of aromatic nitrogens is 2. The minimum atomic E-state index is -2.99. The van der Waals surface area contributed by atoms with Crippen LogP contribution in [0.2, 0.25) is 0 Å². The SMILES string of the molecule is CC(F)(F)c1ccccc1Nc1ccc(CNC(=O)C2(CC(=O)c3c[nH]c(=O)[nH]c3=O)CC2)cc1. The summed E-state index contributed by atoms with van der Waals surface area (Å²) >= 11 is 0. The van der Waals surface area contributed by atoms with Crippen molar-refractivity contribution in [3.8, 4) is 0 Å². The van der Waals surface area contributed by atoms with Gasteiger partial charge in [0, 0.05) is 43.0 Å². The molecule has 1 aliphatic carbocycles. The van der Waals surface area contributed by atoms with E-state index in [-0.39, 0.29) is 30.0 Å². The molecule has 1 fully saturated rings. The number of hydrogen-bond donors (Lipinski definition) is 4. The Kier molecular flexibility index (Phi) is 6.38. The van der Waals surface area contributed by atoms with Gasteiger partial charge in [-0.05, 0) is 36.6 Å². The summed E-state index contributed by atoms with van der Waals surface area (Å²) in [6.45, 7) is 1.07. The molecular formula is C25H24F2N4O4. The predicted octanol–water partition coefficient (Wildman–Crippen LogP) is 3.59. The van der Waals surface area contributed by atoms with Crippen LogP contribution in [0, 0.1) is 5.41 Å². The third-order valence-electron chi connectivity index (χ3n) is 6.04. The molecule has 182 valence electrons. The molecule has 0 unspecified atom stereocenters. The average molecular weight is 482 g/mol. The van der Waals surface area contributed by atoms with Gasteiger partial charge in [0.2, 0.25) is 5.91 Å². The number of nitrogens with one attached hydrogen (secondary N) is 4. The molecule has 2 aromatic carbocycles. The van der Waals surface area contributed by atoms with Crippen LogP contribution in [0.25, 0.3) is 0 Å². The molecule has 0 bridgehead atoms. The van der Waals surface area contributed by atoms with Gasteiger partial charge in [0.05, 0.1) is 11.0 Å². The number of rotatable bonds is 9. The number of ketones is 1. The van der Waals surface area contributed by atoms with E-state index in [9.17, 15) is 28.0 Å². The third-order valence-corrected chi connectivity index (χ3v) is 6.04. The highest BCUT2D eigenvalue weighted by Crippen LogP contribution is 2.49. The zero-order chi connectivity index (χ0) is 25.2. The van der Waals surface area contributed by atoms with E-state index in [4.69, 9.17) is 0 Å². The number of para-hydroxylation sites is 1. The van der Waals surface area contributed by atoms with Gasteiger partial charge in [0.15, 0.2) is 5.78 Å². The van der Waals surface area contributed by atoms with Gasteiger partial charge in [-0.1, -0.05) is 30.3 Å². The fraction of sp³-hybridized carbons (Fsp3) is 0.280. The molecule has 0 atom stereocenters. The molecule has 1 aliphatic rings. The summed E-state index contributed by atoms with van der Waals surface area (Å²) in [7, 11) is 0. The van der Waals surface area contributed by atoms with Crippen LogP contribution in [0.5, 0.6) is 0 Å². The van der Waals surface area contributed by atoms with Crippen LogP contribution in [-0.2, 0) is 17.3 Å². The Morgan fingerprint density at radius 2 is 1.74 bits per heavy atom. The fourth-order valence-corrected chi connectivity index (χ4v) is 3.86. The van der Waals surface area contributed by atoms with Gasteiger partial charge in [-0.25, -0.2) is 13.6 Å². The van der Waals surface area contributed by atoms with E-state index in [1.807, 2.05) is 4.98 Å². The van der Waals surface area contributed by atoms with Gasteiger partial charge in [-0.3, -0.25) is 19.4 Å². The number of anilines is 2. The summed E-state index contributed by atoms with van der Waals surface area (Å²) in [4.78, 5) is 52.5. The van der Waals surface area contributed by atoms with Gasteiger partial charge >= 0.3 is 5.69 Å². The van der Waals surface area contributed by atoms with E-state index in [0.29, 0.717) is 24.2 Å². The maximum Gasteiger partial charge on any atom is 0.325 e. The Morgan fingerprint density at radius 1 is 1.06 bits per heavy atom. The van der Waals surface area contributed by atoms with Crippen molar-refractivity contribution in [2.75, 3.05) is 5.32 Å². The molecular weight excluding hydrogens is 458 g/mol. The lowest BCUT2D eigenvalue weighted by molar-refractivity contribution is -0.126. The zero-order valence-corrected chi connectivity index (χ0v) is 18.9. The number of alkyl halides is 2. The Hall–Kier alpha value is -4.08. The van der Waals surface area contributed by atoms with Crippen molar-refractivity contribution in [1.82, 2.24) is 15.3 Å². The van der Waals surface area contributed by atoms with Crippen molar-refractivity contribution in [1.29, 1.82) is 0 Å². The molecule has 35 heavy (non-hydrogen) atoms. The van der Waals surface area contributed by atoms with Gasteiger partial charge in [0.25, 0.3) is 11.5 Å². The normalized spacial score (nSPS) is 14.3. The van der Waals surface area contributed by atoms with Gasteiger partial charge in [-0.15, -0.1) is 0 Å². The largest absolute Gasteiger partial charge is 0.355 e. The van der Waals surface area contributed by atoms with Crippen molar-refractivity contribution in [3.63, 3.8) is 0 Å². The molecule has 0 saturated heterocycles. The molecule has 1 saturated carbocycles. The summed E-state index contributed by atoms with van der Waals surface area (Å²) < 4.78 is 27.7.